The van der Waals surface area contributed by atoms with E-state index in [1.165, 1.54) is 43.8 Å². The first-order chi connectivity index (χ1) is 14.0. The molecule has 0 N–H and O–H groups in total. The van der Waals surface area contributed by atoms with Crippen molar-refractivity contribution < 1.29 is 9.47 Å². The van der Waals surface area contributed by atoms with Crippen molar-refractivity contribution >= 4 is 21.5 Å². The van der Waals surface area contributed by atoms with Gasteiger partial charge in [0.05, 0.1) is 13.2 Å². The first-order valence-corrected chi connectivity index (χ1v) is 10.3. The van der Waals surface area contributed by atoms with Crippen LogP contribution in [-0.2, 0) is 0 Å². The van der Waals surface area contributed by atoms with Crippen LogP contribution in [0.15, 0.2) is 60.7 Å². The zero-order chi connectivity index (χ0) is 20.4. The highest BCUT2D eigenvalue weighted by atomic mass is 16.5. The quantitative estimate of drug-likeness (QED) is 0.331. The summed E-state index contributed by atoms with van der Waals surface area (Å²) in [7, 11) is 0. The minimum Gasteiger partial charge on any atom is -0.493 e. The van der Waals surface area contributed by atoms with Gasteiger partial charge in [-0.25, -0.2) is 0 Å². The minimum absolute atomic E-state index is 0.643. The lowest BCUT2D eigenvalue weighted by Gasteiger charge is -2.14. The number of ether oxygens (including phenoxy) is 2. The van der Waals surface area contributed by atoms with Crippen molar-refractivity contribution in [2.75, 3.05) is 13.2 Å². The van der Waals surface area contributed by atoms with E-state index in [1.807, 2.05) is 0 Å². The van der Waals surface area contributed by atoms with Crippen molar-refractivity contribution in [2.24, 2.45) is 0 Å². The van der Waals surface area contributed by atoms with Gasteiger partial charge in [-0.15, -0.1) is 0 Å². The van der Waals surface area contributed by atoms with E-state index < -0.39 is 0 Å². The van der Waals surface area contributed by atoms with Gasteiger partial charge in [0.1, 0.15) is 11.5 Å². The van der Waals surface area contributed by atoms with Gasteiger partial charge in [-0.3, -0.25) is 0 Å². The maximum absolute atomic E-state index is 6.05. The van der Waals surface area contributed by atoms with E-state index >= 15 is 0 Å². The molecule has 29 heavy (non-hydrogen) atoms. The highest BCUT2D eigenvalue weighted by Crippen LogP contribution is 2.29. The zero-order valence-corrected chi connectivity index (χ0v) is 17.7. The fraction of sp³-hybridized carbons (Fsp3) is 0.259. The maximum Gasteiger partial charge on any atom is 0.122 e. The standard InChI is InChI=1S/C27H28O2/c1-18-6-10-24-20(3)26(12-8-22(24)16-18)28-14-5-15-29-27-13-9-23-17-19(2)7-11-25(23)21(27)4/h6-13,16-17H,5,14-15H2,1-4H3. The summed E-state index contributed by atoms with van der Waals surface area (Å²) >= 11 is 0. The third-order valence-corrected chi connectivity index (χ3v) is 5.59. The normalized spacial score (nSPS) is 11.2. The summed E-state index contributed by atoms with van der Waals surface area (Å²) in [5.74, 6) is 1.91. The summed E-state index contributed by atoms with van der Waals surface area (Å²) in [6.45, 7) is 9.79. The molecule has 0 unspecified atom stereocenters. The van der Waals surface area contributed by atoms with Crippen molar-refractivity contribution in [1.82, 2.24) is 0 Å². The Hall–Kier alpha value is -3.00. The van der Waals surface area contributed by atoms with E-state index in [4.69, 9.17) is 9.47 Å². The Labute approximate surface area is 173 Å². The summed E-state index contributed by atoms with van der Waals surface area (Å²) in [5.41, 5.74) is 4.96. The lowest BCUT2D eigenvalue weighted by molar-refractivity contribution is 0.246. The third-order valence-electron chi connectivity index (χ3n) is 5.59. The summed E-state index contributed by atoms with van der Waals surface area (Å²) < 4.78 is 12.1. The van der Waals surface area contributed by atoms with Gasteiger partial charge < -0.3 is 9.47 Å². The maximum atomic E-state index is 6.05. The van der Waals surface area contributed by atoms with Crippen molar-refractivity contribution in [2.45, 2.75) is 34.1 Å². The Kier molecular flexibility index (Phi) is 5.44. The molecule has 0 aliphatic carbocycles. The van der Waals surface area contributed by atoms with E-state index in [0.29, 0.717) is 13.2 Å². The van der Waals surface area contributed by atoms with Crippen LogP contribution in [0.5, 0.6) is 11.5 Å². The Morgan fingerprint density at radius 2 is 1.00 bits per heavy atom. The van der Waals surface area contributed by atoms with Crippen molar-refractivity contribution in [3.05, 3.63) is 82.9 Å². The van der Waals surface area contributed by atoms with Gasteiger partial charge in [-0.2, -0.15) is 0 Å². The minimum atomic E-state index is 0.643. The van der Waals surface area contributed by atoms with Gasteiger partial charge in [0, 0.05) is 6.42 Å². The highest BCUT2D eigenvalue weighted by molar-refractivity contribution is 5.88. The van der Waals surface area contributed by atoms with E-state index in [0.717, 1.165) is 17.9 Å². The largest absolute Gasteiger partial charge is 0.493 e. The predicted octanol–water partition coefficient (Wildman–Crippen LogP) is 7.07. The molecule has 0 aliphatic heterocycles. The average Bonchev–Trinajstić information content (AvgIpc) is 2.70. The van der Waals surface area contributed by atoms with Crippen molar-refractivity contribution in [1.29, 1.82) is 0 Å². The number of benzene rings is 4. The van der Waals surface area contributed by atoms with Crippen LogP contribution in [0.2, 0.25) is 0 Å². The first-order valence-electron chi connectivity index (χ1n) is 10.3. The molecule has 0 fully saturated rings. The molecular formula is C27H28O2. The monoisotopic (exact) mass is 384 g/mol. The molecule has 0 spiro atoms. The number of hydrogen-bond donors (Lipinski definition) is 0. The third kappa shape index (κ3) is 4.07. The molecule has 0 aromatic heterocycles. The lowest BCUT2D eigenvalue weighted by atomic mass is 10.0. The Morgan fingerprint density at radius 3 is 1.45 bits per heavy atom. The summed E-state index contributed by atoms with van der Waals surface area (Å²) in [4.78, 5) is 0. The van der Waals surface area contributed by atoms with Crippen LogP contribution >= 0.6 is 0 Å². The molecule has 0 bridgehead atoms. The van der Waals surface area contributed by atoms with Crippen LogP contribution in [0.3, 0.4) is 0 Å². The highest BCUT2D eigenvalue weighted by Gasteiger charge is 2.07. The molecule has 0 amide bonds. The van der Waals surface area contributed by atoms with Crippen molar-refractivity contribution in [3.63, 3.8) is 0 Å². The van der Waals surface area contributed by atoms with Gasteiger partial charge in [0.15, 0.2) is 0 Å². The van der Waals surface area contributed by atoms with E-state index in [2.05, 4.69) is 88.4 Å². The van der Waals surface area contributed by atoms with E-state index in [9.17, 15) is 0 Å². The Morgan fingerprint density at radius 1 is 0.552 bits per heavy atom. The van der Waals surface area contributed by atoms with Crippen LogP contribution in [0.25, 0.3) is 21.5 Å². The van der Waals surface area contributed by atoms with Gasteiger partial charge in [-0.1, -0.05) is 59.7 Å². The van der Waals surface area contributed by atoms with Gasteiger partial charge >= 0.3 is 0 Å². The lowest BCUT2D eigenvalue weighted by Crippen LogP contribution is -2.06. The summed E-state index contributed by atoms with van der Waals surface area (Å²) in [6.07, 6.45) is 0.844. The van der Waals surface area contributed by atoms with E-state index in [1.54, 1.807) is 0 Å². The Bertz CT molecular complexity index is 1080. The molecule has 0 aliphatic rings. The molecule has 0 saturated carbocycles. The summed E-state index contributed by atoms with van der Waals surface area (Å²) in [5, 5.41) is 5.04. The summed E-state index contributed by atoms with van der Waals surface area (Å²) in [6, 6.07) is 21.5. The SMILES string of the molecule is Cc1ccc2c(C)c(OCCCOc3ccc4cc(C)ccc4c3C)ccc2c1. The molecule has 148 valence electrons. The molecule has 0 heterocycles. The topological polar surface area (TPSA) is 18.5 Å². The predicted molar refractivity (Wildman–Crippen MR) is 122 cm³/mol. The molecular weight excluding hydrogens is 356 g/mol. The van der Waals surface area contributed by atoms with Crippen LogP contribution in [-0.4, -0.2) is 13.2 Å². The number of hydrogen-bond acceptors (Lipinski definition) is 2. The Balaban J connectivity index is 1.36. The molecule has 0 saturated heterocycles. The molecule has 4 aromatic rings. The number of aryl methyl sites for hydroxylation is 4. The molecule has 0 radical (unpaired) electrons. The van der Waals surface area contributed by atoms with Crippen molar-refractivity contribution in [3.8, 4) is 11.5 Å². The molecule has 2 nitrogen and oxygen atoms in total. The van der Waals surface area contributed by atoms with Crippen LogP contribution in [0, 0.1) is 27.7 Å². The molecule has 0 atom stereocenters. The molecule has 2 heteroatoms. The second kappa shape index (κ2) is 8.16. The van der Waals surface area contributed by atoms with Gasteiger partial charge in [0.25, 0.3) is 0 Å². The second-order valence-electron chi connectivity index (χ2n) is 7.88. The zero-order valence-electron chi connectivity index (χ0n) is 17.7. The smallest absolute Gasteiger partial charge is 0.122 e. The first kappa shape index (κ1) is 19.3. The number of fused-ring (bicyclic) bond motifs is 2. The van der Waals surface area contributed by atoms with Crippen LogP contribution in [0.4, 0.5) is 0 Å². The molecule has 4 rings (SSSR count). The van der Waals surface area contributed by atoms with Crippen LogP contribution < -0.4 is 9.47 Å². The van der Waals surface area contributed by atoms with E-state index in [-0.39, 0.29) is 0 Å². The second-order valence-corrected chi connectivity index (χ2v) is 7.88. The fourth-order valence-corrected chi connectivity index (χ4v) is 3.91. The number of rotatable bonds is 6. The average molecular weight is 385 g/mol. The molecule has 4 aromatic carbocycles. The van der Waals surface area contributed by atoms with Gasteiger partial charge in [0.2, 0.25) is 0 Å². The fourth-order valence-electron chi connectivity index (χ4n) is 3.91. The van der Waals surface area contributed by atoms with Crippen LogP contribution in [0.1, 0.15) is 28.7 Å². The van der Waals surface area contributed by atoms with Gasteiger partial charge in [-0.05, 0) is 72.5 Å².